The summed E-state index contributed by atoms with van der Waals surface area (Å²) >= 11 is 3.52. The van der Waals surface area contributed by atoms with Crippen molar-refractivity contribution in [2.45, 2.75) is 46.1 Å². The molecule has 0 aliphatic rings. The summed E-state index contributed by atoms with van der Waals surface area (Å²) in [6.07, 6.45) is 3.78. The smallest absolute Gasteiger partial charge is 0.0322 e. The Balaban J connectivity index is 2.82. The van der Waals surface area contributed by atoms with Crippen molar-refractivity contribution < 1.29 is 0 Å². The first-order valence-electron chi connectivity index (χ1n) is 6.18. The molecule has 1 nitrogen and oxygen atoms in total. The summed E-state index contributed by atoms with van der Waals surface area (Å²) in [6.45, 7) is 7.64. The molecule has 90 valence electrons. The molecule has 1 aromatic carbocycles. The Labute approximate surface area is 108 Å². The third-order valence-corrected chi connectivity index (χ3v) is 3.40. The number of nitrogens with one attached hydrogen (secondary N) is 1. The van der Waals surface area contributed by atoms with Gasteiger partial charge in [-0.05, 0) is 43.1 Å². The average molecular weight is 284 g/mol. The molecular weight excluding hydrogens is 262 g/mol. The lowest BCUT2D eigenvalue weighted by Gasteiger charge is -2.20. The first-order chi connectivity index (χ1) is 7.69. The average Bonchev–Trinajstić information content (AvgIpc) is 2.25. The van der Waals surface area contributed by atoms with Crippen molar-refractivity contribution in [2.24, 2.45) is 0 Å². The van der Waals surface area contributed by atoms with Crippen molar-refractivity contribution in [3.8, 4) is 0 Å². The summed E-state index contributed by atoms with van der Waals surface area (Å²) < 4.78 is 1.17. The second-order valence-corrected chi connectivity index (χ2v) is 5.17. The van der Waals surface area contributed by atoms with Crippen LogP contribution in [0, 0.1) is 6.92 Å². The van der Waals surface area contributed by atoms with Crippen LogP contribution in [0.2, 0.25) is 0 Å². The number of halogens is 1. The molecule has 2 heteroatoms. The summed E-state index contributed by atoms with van der Waals surface area (Å²) in [6, 6.07) is 7.09. The zero-order chi connectivity index (χ0) is 12.0. The molecule has 0 fully saturated rings. The van der Waals surface area contributed by atoms with E-state index in [9.17, 15) is 0 Å². The zero-order valence-electron chi connectivity index (χ0n) is 10.5. The van der Waals surface area contributed by atoms with E-state index in [1.54, 1.807) is 0 Å². The van der Waals surface area contributed by atoms with Crippen LogP contribution in [0.25, 0.3) is 0 Å². The molecule has 1 aromatic rings. The van der Waals surface area contributed by atoms with E-state index in [1.165, 1.54) is 34.9 Å². The van der Waals surface area contributed by atoms with E-state index in [-0.39, 0.29) is 0 Å². The fraction of sp³-hybridized carbons (Fsp3) is 0.571. The summed E-state index contributed by atoms with van der Waals surface area (Å²) in [4.78, 5) is 0. The number of rotatable bonds is 6. The third kappa shape index (κ3) is 3.91. The molecule has 1 N–H and O–H groups in total. The van der Waals surface area contributed by atoms with Crippen LogP contribution in [-0.2, 0) is 0 Å². The van der Waals surface area contributed by atoms with Crippen LogP contribution in [0.1, 0.15) is 50.3 Å². The maximum Gasteiger partial charge on any atom is 0.0322 e. The molecule has 1 rings (SSSR count). The van der Waals surface area contributed by atoms with Crippen molar-refractivity contribution in [2.75, 3.05) is 6.54 Å². The van der Waals surface area contributed by atoms with Crippen molar-refractivity contribution >= 4 is 15.9 Å². The Morgan fingerprint density at radius 3 is 2.62 bits per heavy atom. The quantitative estimate of drug-likeness (QED) is 0.805. The van der Waals surface area contributed by atoms with E-state index in [1.807, 2.05) is 0 Å². The van der Waals surface area contributed by atoms with Crippen LogP contribution in [0.5, 0.6) is 0 Å². The van der Waals surface area contributed by atoms with Gasteiger partial charge in [0.1, 0.15) is 0 Å². The number of hydrogen-bond donors (Lipinski definition) is 1. The largest absolute Gasteiger partial charge is 0.310 e. The Morgan fingerprint density at radius 1 is 1.31 bits per heavy atom. The topological polar surface area (TPSA) is 12.0 Å². The molecule has 0 amide bonds. The summed E-state index contributed by atoms with van der Waals surface area (Å²) in [5, 5.41) is 3.58. The van der Waals surface area contributed by atoms with Crippen LogP contribution < -0.4 is 5.32 Å². The molecule has 0 heterocycles. The summed E-state index contributed by atoms with van der Waals surface area (Å²) in [5.74, 6) is 0. The van der Waals surface area contributed by atoms with Gasteiger partial charge in [0.15, 0.2) is 0 Å². The van der Waals surface area contributed by atoms with Gasteiger partial charge in [-0.2, -0.15) is 0 Å². The number of aryl methyl sites for hydroxylation is 1. The number of unbranched alkanes of at least 4 members (excludes halogenated alkanes) is 1. The van der Waals surface area contributed by atoms with Crippen molar-refractivity contribution in [1.29, 1.82) is 0 Å². The van der Waals surface area contributed by atoms with Gasteiger partial charge >= 0.3 is 0 Å². The molecule has 0 saturated carbocycles. The minimum Gasteiger partial charge on any atom is -0.310 e. The molecule has 0 aromatic heterocycles. The molecule has 0 aliphatic carbocycles. The van der Waals surface area contributed by atoms with Crippen LogP contribution in [0.15, 0.2) is 22.7 Å². The van der Waals surface area contributed by atoms with Gasteiger partial charge in [-0.25, -0.2) is 0 Å². The van der Waals surface area contributed by atoms with Gasteiger partial charge in [-0.1, -0.05) is 48.7 Å². The highest BCUT2D eigenvalue weighted by molar-refractivity contribution is 9.10. The first kappa shape index (κ1) is 13.7. The molecule has 0 saturated heterocycles. The van der Waals surface area contributed by atoms with Crippen LogP contribution in [-0.4, -0.2) is 6.54 Å². The number of hydrogen-bond acceptors (Lipinski definition) is 1. The second kappa shape index (κ2) is 7.08. The molecule has 1 atom stereocenters. The molecule has 0 spiro atoms. The first-order valence-corrected chi connectivity index (χ1v) is 6.97. The molecule has 16 heavy (non-hydrogen) atoms. The highest BCUT2D eigenvalue weighted by Gasteiger charge is 2.11. The highest BCUT2D eigenvalue weighted by atomic mass is 79.9. The van der Waals surface area contributed by atoms with E-state index >= 15 is 0 Å². The normalized spacial score (nSPS) is 12.8. The van der Waals surface area contributed by atoms with Crippen molar-refractivity contribution in [3.63, 3.8) is 0 Å². The highest BCUT2D eigenvalue weighted by Crippen LogP contribution is 2.25. The molecule has 1 unspecified atom stereocenters. The van der Waals surface area contributed by atoms with Gasteiger partial charge in [0.2, 0.25) is 0 Å². The maximum absolute atomic E-state index is 3.58. The van der Waals surface area contributed by atoms with Gasteiger partial charge < -0.3 is 5.32 Å². The number of benzene rings is 1. The van der Waals surface area contributed by atoms with Crippen LogP contribution >= 0.6 is 15.9 Å². The maximum atomic E-state index is 3.58. The summed E-state index contributed by atoms with van der Waals surface area (Å²) in [5.41, 5.74) is 2.81. The van der Waals surface area contributed by atoms with E-state index in [0.717, 1.165) is 6.54 Å². The second-order valence-electron chi connectivity index (χ2n) is 4.25. The lowest BCUT2D eigenvalue weighted by molar-refractivity contribution is 0.493. The Kier molecular flexibility index (Phi) is 6.07. The Morgan fingerprint density at radius 2 is 2.06 bits per heavy atom. The van der Waals surface area contributed by atoms with E-state index in [4.69, 9.17) is 0 Å². The summed E-state index contributed by atoms with van der Waals surface area (Å²) in [7, 11) is 0. The predicted molar refractivity (Wildman–Crippen MR) is 74.8 cm³/mol. The molecular formula is C14H22BrN. The van der Waals surface area contributed by atoms with Gasteiger partial charge in [0.25, 0.3) is 0 Å². The standard InChI is InChI=1S/C14H22BrN/c1-4-6-7-14(16-5-2)13-9-8-12(15)10-11(13)3/h8-10,14,16H,4-7H2,1-3H3. The fourth-order valence-electron chi connectivity index (χ4n) is 2.05. The lowest BCUT2D eigenvalue weighted by atomic mass is 9.97. The van der Waals surface area contributed by atoms with Crippen molar-refractivity contribution in [1.82, 2.24) is 5.32 Å². The van der Waals surface area contributed by atoms with Crippen LogP contribution in [0.3, 0.4) is 0 Å². The molecule has 0 radical (unpaired) electrons. The minimum absolute atomic E-state index is 0.512. The van der Waals surface area contributed by atoms with E-state index in [2.05, 4.69) is 60.2 Å². The SMILES string of the molecule is CCCCC(NCC)c1ccc(Br)cc1C. The van der Waals surface area contributed by atoms with Gasteiger partial charge in [-0.3, -0.25) is 0 Å². The Bertz CT molecular complexity index is 323. The lowest BCUT2D eigenvalue weighted by Crippen LogP contribution is -2.21. The molecule has 0 aliphatic heterocycles. The van der Waals surface area contributed by atoms with Gasteiger partial charge in [0.05, 0.1) is 0 Å². The predicted octanol–water partition coefficient (Wildman–Crippen LogP) is 4.60. The third-order valence-electron chi connectivity index (χ3n) is 2.90. The fourth-order valence-corrected chi connectivity index (χ4v) is 2.53. The molecule has 0 bridgehead atoms. The minimum atomic E-state index is 0.512. The Hall–Kier alpha value is -0.340. The van der Waals surface area contributed by atoms with Crippen LogP contribution in [0.4, 0.5) is 0 Å². The van der Waals surface area contributed by atoms with Gasteiger partial charge in [-0.15, -0.1) is 0 Å². The van der Waals surface area contributed by atoms with E-state index in [0.29, 0.717) is 6.04 Å². The zero-order valence-corrected chi connectivity index (χ0v) is 12.1. The van der Waals surface area contributed by atoms with Gasteiger partial charge in [0, 0.05) is 10.5 Å². The van der Waals surface area contributed by atoms with E-state index < -0.39 is 0 Å². The van der Waals surface area contributed by atoms with Crippen molar-refractivity contribution in [3.05, 3.63) is 33.8 Å². The monoisotopic (exact) mass is 283 g/mol.